The summed E-state index contributed by atoms with van der Waals surface area (Å²) in [5, 5.41) is 33.2. The second kappa shape index (κ2) is 9.09. The van der Waals surface area contributed by atoms with E-state index in [1.54, 1.807) is 0 Å². The zero-order valence-corrected chi connectivity index (χ0v) is 14.9. The molecular formula is C18H27N3O5. The molecule has 1 aromatic carbocycles. The van der Waals surface area contributed by atoms with Crippen LogP contribution in [0.5, 0.6) is 0 Å². The van der Waals surface area contributed by atoms with E-state index in [9.17, 15) is 24.9 Å². The lowest BCUT2D eigenvalue weighted by atomic mass is 10.0. The van der Waals surface area contributed by atoms with Crippen LogP contribution in [0.4, 0.5) is 0 Å². The maximum Gasteiger partial charge on any atom is 0.237 e. The summed E-state index contributed by atoms with van der Waals surface area (Å²) in [7, 11) is 0. The van der Waals surface area contributed by atoms with Crippen LogP contribution in [0.15, 0.2) is 24.3 Å². The average Bonchev–Trinajstić information content (AvgIpc) is 2.64. The lowest BCUT2D eigenvalue weighted by molar-refractivity contribution is -0.135. The van der Waals surface area contributed by atoms with Crippen molar-refractivity contribution >= 4 is 11.8 Å². The highest BCUT2D eigenvalue weighted by Crippen LogP contribution is 2.15. The van der Waals surface area contributed by atoms with Crippen LogP contribution in [0.25, 0.3) is 0 Å². The first-order chi connectivity index (χ1) is 12.4. The van der Waals surface area contributed by atoms with Gasteiger partial charge < -0.3 is 26.0 Å². The molecule has 1 heterocycles. The van der Waals surface area contributed by atoms with Gasteiger partial charge in [0.2, 0.25) is 11.8 Å². The van der Waals surface area contributed by atoms with Gasteiger partial charge in [-0.25, -0.2) is 0 Å². The molecular weight excluding hydrogens is 338 g/mol. The van der Waals surface area contributed by atoms with Crippen molar-refractivity contribution in [3.05, 3.63) is 35.4 Å². The first-order valence-corrected chi connectivity index (χ1v) is 8.64. The van der Waals surface area contributed by atoms with Crippen LogP contribution >= 0.6 is 0 Å². The summed E-state index contributed by atoms with van der Waals surface area (Å²) in [5.41, 5.74) is 0.699. The molecule has 0 spiro atoms. The number of rotatable bonds is 8. The Morgan fingerprint density at radius 1 is 1.23 bits per heavy atom. The minimum atomic E-state index is -1.50. The molecule has 8 nitrogen and oxygen atoms in total. The first-order valence-electron chi connectivity index (χ1n) is 8.64. The summed E-state index contributed by atoms with van der Waals surface area (Å²) in [5.74, 6) is -0.751. The third-order valence-electron chi connectivity index (χ3n) is 4.64. The minimum absolute atomic E-state index is 0.126. The molecule has 1 aliphatic heterocycles. The smallest absolute Gasteiger partial charge is 0.237 e. The maximum atomic E-state index is 12.3. The number of carbonyl (C=O) groups excluding carboxylic acids is 2. The van der Waals surface area contributed by atoms with E-state index in [0.717, 1.165) is 11.1 Å². The Labute approximate surface area is 152 Å². The maximum absolute atomic E-state index is 12.3. The topological polar surface area (TPSA) is 122 Å². The fraction of sp³-hybridized carbons (Fsp3) is 0.556. The Balaban J connectivity index is 2.06. The number of hydrogen-bond acceptors (Lipinski definition) is 6. The van der Waals surface area contributed by atoms with Crippen LogP contribution in [-0.4, -0.2) is 76.5 Å². The third-order valence-corrected chi connectivity index (χ3v) is 4.64. The van der Waals surface area contributed by atoms with Crippen molar-refractivity contribution in [2.45, 2.75) is 31.5 Å². The number of aliphatic hydroxyl groups excluding tert-OH is 3. The van der Waals surface area contributed by atoms with Gasteiger partial charge in [-0.2, -0.15) is 0 Å². The summed E-state index contributed by atoms with van der Waals surface area (Å²) < 4.78 is 0. The molecule has 1 atom stereocenters. The molecule has 1 aliphatic rings. The van der Waals surface area contributed by atoms with Crippen LogP contribution in [0, 0.1) is 6.92 Å². The molecule has 0 aromatic heterocycles. The SMILES string of the molecule is Cc1ccc(CN2CCNC(=O)C2CC(=O)NC(CO)(CO)CO)cc1. The molecule has 5 N–H and O–H groups in total. The van der Waals surface area contributed by atoms with Crippen molar-refractivity contribution in [1.82, 2.24) is 15.5 Å². The third kappa shape index (κ3) is 5.01. The summed E-state index contributed by atoms with van der Waals surface area (Å²) in [6, 6.07) is 7.33. The van der Waals surface area contributed by atoms with Crippen LogP contribution in [0.3, 0.4) is 0 Å². The van der Waals surface area contributed by atoms with Crippen molar-refractivity contribution in [3.63, 3.8) is 0 Å². The van der Waals surface area contributed by atoms with Crippen LogP contribution < -0.4 is 10.6 Å². The van der Waals surface area contributed by atoms with Crippen molar-refractivity contribution in [1.29, 1.82) is 0 Å². The predicted octanol–water partition coefficient (Wildman–Crippen LogP) is -1.48. The standard InChI is InChI=1S/C18H27N3O5/c1-13-2-4-14(5-3-13)9-21-7-6-19-17(26)15(21)8-16(25)20-18(10-22,11-23)12-24/h2-5,15,22-24H,6-12H2,1H3,(H,19,26)(H,20,25). The van der Waals surface area contributed by atoms with E-state index in [4.69, 9.17) is 0 Å². The van der Waals surface area contributed by atoms with Gasteiger partial charge >= 0.3 is 0 Å². The molecule has 0 saturated carbocycles. The molecule has 1 unspecified atom stereocenters. The number of hydrogen-bond donors (Lipinski definition) is 5. The summed E-state index contributed by atoms with van der Waals surface area (Å²) in [6.07, 6.45) is -0.126. The molecule has 0 aliphatic carbocycles. The van der Waals surface area contributed by atoms with Crippen molar-refractivity contribution in [2.75, 3.05) is 32.9 Å². The lowest BCUT2D eigenvalue weighted by Crippen LogP contribution is -2.60. The summed E-state index contributed by atoms with van der Waals surface area (Å²) >= 11 is 0. The fourth-order valence-electron chi connectivity index (χ4n) is 2.89. The van der Waals surface area contributed by atoms with Gasteiger partial charge in [-0.05, 0) is 12.5 Å². The zero-order valence-electron chi connectivity index (χ0n) is 14.9. The second-order valence-electron chi connectivity index (χ2n) is 6.77. The summed E-state index contributed by atoms with van der Waals surface area (Å²) in [4.78, 5) is 26.6. The van der Waals surface area contributed by atoms with E-state index < -0.39 is 37.3 Å². The number of amides is 2. The van der Waals surface area contributed by atoms with E-state index in [2.05, 4.69) is 10.6 Å². The zero-order chi connectivity index (χ0) is 19.2. The summed E-state index contributed by atoms with van der Waals surface area (Å²) in [6.45, 7) is 1.86. The number of nitrogens with one attached hydrogen (secondary N) is 2. The van der Waals surface area contributed by atoms with Gasteiger partial charge in [0.25, 0.3) is 0 Å². The second-order valence-corrected chi connectivity index (χ2v) is 6.77. The molecule has 26 heavy (non-hydrogen) atoms. The molecule has 2 amide bonds. The van der Waals surface area contributed by atoms with Gasteiger partial charge in [-0.15, -0.1) is 0 Å². The number of carbonyl (C=O) groups is 2. The predicted molar refractivity (Wildman–Crippen MR) is 95.1 cm³/mol. The van der Waals surface area contributed by atoms with E-state index in [-0.39, 0.29) is 12.3 Å². The lowest BCUT2D eigenvalue weighted by Gasteiger charge is -2.36. The highest BCUT2D eigenvalue weighted by molar-refractivity contribution is 5.89. The van der Waals surface area contributed by atoms with Gasteiger partial charge in [-0.1, -0.05) is 29.8 Å². The Kier molecular flexibility index (Phi) is 7.10. The molecule has 8 heteroatoms. The normalized spacial score (nSPS) is 18.5. The van der Waals surface area contributed by atoms with Crippen LogP contribution in [0.1, 0.15) is 17.5 Å². The monoisotopic (exact) mass is 365 g/mol. The van der Waals surface area contributed by atoms with Gasteiger partial charge in [0, 0.05) is 19.6 Å². The van der Waals surface area contributed by atoms with E-state index >= 15 is 0 Å². The highest BCUT2D eigenvalue weighted by Gasteiger charge is 2.35. The van der Waals surface area contributed by atoms with Crippen molar-refractivity contribution in [2.24, 2.45) is 0 Å². The van der Waals surface area contributed by atoms with E-state index in [1.165, 1.54) is 0 Å². The number of nitrogens with zero attached hydrogens (tertiary/aromatic N) is 1. The van der Waals surface area contributed by atoms with Crippen LogP contribution in [0.2, 0.25) is 0 Å². The van der Waals surface area contributed by atoms with E-state index in [0.29, 0.717) is 19.6 Å². The molecule has 1 fully saturated rings. The van der Waals surface area contributed by atoms with Crippen LogP contribution in [-0.2, 0) is 16.1 Å². The number of benzene rings is 1. The first kappa shape index (κ1) is 20.3. The average molecular weight is 365 g/mol. The Morgan fingerprint density at radius 3 is 2.42 bits per heavy atom. The Bertz CT molecular complexity index is 607. The number of aliphatic hydroxyl groups is 3. The highest BCUT2D eigenvalue weighted by atomic mass is 16.3. The molecule has 0 bridgehead atoms. The van der Waals surface area contributed by atoms with Gasteiger partial charge in [0.05, 0.1) is 32.3 Å². The fourth-order valence-corrected chi connectivity index (χ4v) is 2.89. The minimum Gasteiger partial charge on any atom is -0.394 e. The van der Waals surface area contributed by atoms with Crippen molar-refractivity contribution in [3.8, 4) is 0 Å². The van der Waals surface area contributed by atoms with Gasteiger partial charge in [0.1, 0.15) is 5.54 Å². The molecule has 1 aromatic rings. The number of piperazine rings is 1. The molecule has 0 radical (unpaired) electrons. The Hall–Kier alpha value is -2.00. The van der Waals surface area contributed by atoms with Gasteiger partial charge in [0.15, 0.2) is 0 Å². The molecule has 1 saturated heterocycles. The molecule has 144 valence electrons. The van der Waals surface area contributed by atoms with Crippen molar-refractivity contribution < 1.29 is 24.9 Å². The van der Waals surface area contributed by atoms with Gasteiger partial charge in [-0.3, -0.25) is 14.5 Å². The largest absolute Gasteiger partial charge is 0.394 e. The van der Waals surface area contributed by atoms with E-state index in [1.807, 2.05) is 36.1 Å². The Morgan fingerprint density at radius 2 is 1.85 bits per heavy atom. The quantitative estimate of drug-likeness (QED) is 0.383. The molecule has 2 rings (SSSR count). The number of aryl methyl sites for hydroxylation is 1.